The zero-order valence-corrected chi connectivity index (χ0v) is 10.7. The van der Waals surface area contributed by atoms with Gasteiger partial charge in [0.05, 0.1) is 5.69 Å². The predicted molar refractivity (Wildman–Crippen MR) is 67.0 cm³/mol. The lowest BCUT2D eigenvalue weighted by molar-refractivity contribution is 0.0855. The van der Waals surface area contributed by atoms with Gasteiger partial charge in [-0.15, -0.1) is 11.3 Å². The van der Waals surface area contributed by atoms with Crippen molar-refractivity contribution >= 4 is 16.5 Å². The summed E-state index contributed by atoms with van der Waals surface area (Å²) in [5.74, 6) is 0. The fourth-order valence-electron chi connectivity index (χ4n) is 1.88. The van der Waals surface area contributed by atoms with Crippen LogP contribution in [0.25, 0.3) is 0 Å². The summed E-state index contributed by atoms with van der Waals surface area (Å²) < 4.78 is 5.37. The smallest absolute Gasteiger partial charge is 0.185 e. The Morgan fingerprint density at radius 2 is 2.25 bits per heavy atom. The number of aromatic nitrogens is 1. The molecule has 1 aromatic heterocycles. The SMILES string of the molecule is CC(N)c1csc(N(C)C2CCOCC2)n1. The van der Waals surface area contributed by atoms with Crippen molar-refractivity contribution in [1.82, 2.24) is 4.98 Å². The van der Waals surface area contributed by atoms with E-state index in [1.807, 2.05) is 6.92 Å². The fourth-order valence-corrected chi connectivity index (χ4v) is 2.84. The molecule has 0 bridgehead atoms. The highest BCUT2D eigenvalue weighted by Gasteiger charge is 2.21. The van der Waals surface area contributed by atoms with Gasteiger partial charge in [0, 0.05) is 37.7 Å². The van der Waals surface area contributed by atoms with E-state index in [1.54, 1.807) is 11.3 Å². The maximum atomic E-state index is 5.81. The Morgan fingerprint density at radius 3 is 2.81 bits per heavy atom. The van der Waals surface area contributed by atoms with Crippen molar-refractivity contribution in [3.05, 3.63) is 11.1 Å². The molecule has 0 aliphatic carbocycles. The number of nitrogens with zero attached hydrogens (tertiary/aromatic N) is 2. The normalized spacial score (nSPS) is 19.7. The molecule has 4 nitrogen and oxygen atoms in total. The van der Waals surface area contributed by atoms with Crippen LogP contribution >= 0.6 is 11.3 Å². The van der Waals surface area contributed by atoms with Crippen molar-refractivity contribution in [3.63, 3.8) is 0 Å². The third-order valence-corrected chi connectivity index (χ3v) is 3.97. The zero-order valence-electron chi connectivity index (χ0n) is 9.85. The lowest BCUT2D eigenvalue weighted by atomic mass is 10.1. The van der Waals surface area contributed by atoms with Gasteiger partial charge in [-0.3, -0.25) is 0 Å². The highest BCUT2D eigenvalue weighted by atomic mass is 32.1. The third kappa shape index (κ3) is 2.53. The van der Waals surface area contributed by atoms with Crippen LogP contribution in [0, 0.1) is 0 Å². The molecule has 2 heterocycles. The first-order valence-corrected chi connectivity index (χ1v) is 6.58. The molecule has 2 rings (SSSR count). The quantitative estimate of drug-likeness (QED) is 0.876. The molecule has 1 aliphatic rings. The van der Waals surface area contributed by atoms with Gasteiger partial charge in [-0.25, -0.2) is 4.98 Å². The Morgan fingerprint density at radius 1 is 1.56 bits per heavy atom. The fraction of sp³-hybridized carbons (Fsp3) is 0.727. The predicted octanol–water partition coefficient (Wildman–Crippen LogP) is 1.78. The first-order valence-electron chi connectivity index (χ1n) is 5.70. The number of nitrogens with two attached hydrogens (primary N) is 1. The standard InChI is InChI=1S/C11H19N3OS/c1-8(12)10-7-16-11(13-10)14(2)9-3-5-15-6-4-9/h7-9H,3-6,12H2,1-2H3. The van der Waals surface area contributed by atoms with Crippen LogP contribution < -0.4 is 10.6 Å². The van der Waals surface area contributed by atoms with Gasteiger partial charge in [0.15, 0.2) is 5.13 Å². The minimum absolute atomic E-state index is 0.0214. The molecule has 90 valence electrons. The van der Waals surface area contributed by atoms with Crippen molar-refractivity contribution in [2.24, 2.45) is 5.73 Å². The molecule has 1 unspecified atom stereocenters. The Hall–Kier alpha value is -0.650. The summed E-state index contributed by atoms with van der Waals surface area (Å²) in [4.78, 5) is 6.83. The van der Waals surface area contributed by atoms with Crippen LogP contribution in [0.1, 0.15) is 31.5 Å². The lowest BCUT2D eigenvalue weighted by Crippen LogP contribution is -2.36. The van der Waals surface area contributed by atoms with Gasteiger partial charge in [0.1, 0.15) is 0 Å². The Kier molecular flexibility index (Phi) is 3.78. The average Bonchev–Trinajstić information content (AvgIpc) is 2.78. The first kappa shape index (κ1) is 11.8. The second-order valence-corrected chi connectivity index (χ2v) is 5.13. The van der Waals surface area contributed by atoms with Crippen LogP contribution in [0.2, 0.25) is 0 Å². The molecule has 1 aliphatic heterocycles. The molecule has 16 heavy (non-hydrogen) atoms. The number of anilines is 1. The largest absolute Gasteiger partial charge is 0.381 e. The minimum Gasteiger partial charge on any atom is -0.381 e. The van der Waals surface area contributed by atoms with E-state index >= 15 is 0 Å². The summed E-state index contributed by atoms with van der Waals surface area (Å²) in [6.45, 7) is 3.69. The van der Waals surface area contributed by atoms with Crippen molar-refractivity contribution in [2.45, 2.75) is 31.8 Å². The van der Waals surface area contributed by atoms with Crippen LogP contribution in [-0.2, 0) is 4.74 Å². The molecule has 1 saturated heterocycles. The van der Waals surface area contributed by atoms with Crippen LogP contribution in [0.4, 0.5) is 5.13 Å². The molecule has 1 atom stereocenters. The van der Waals surface area contributed by atoms with E-state index in [0.29, 0.717) is 6.04 Å². The van der Waals surface area contributed by atoms with Crippen LogP contribution in [0.15, 0.2) is 5.38 Å². The van der Waals surface area contributed by atoms with Gasteiger partial charge in [-0.2, -0.15) is 0 Å². The van der Waals surface area contributed by atoms with E-state index in [4.69, 9.17) is 10.5 Å². The van der Waals surface area contributed by atoms with Gasteiger partial charge in [-0.05, 0) is 19.8 Å². The van der Waals surface area contributed by atoms with Crippen LogP contribution in [-0.4, -0.2) is 31.3 Å². The Bertz CT molecular complexity index is 334. The lowest BCUT2D eigenvalue weighted by Gasteiger charge is -2.30. The van der Waals surface area contributed by atoms with Gasteiger partial charge >= 0.3 is 0 Å². The number of ether oxygens (including phenoxy) is 1. The summed E-state index contributed by atoms with van der Waals surface area (Å²) in [5.41, 5.74) is 6.80. The molecule has 0 amide bonds. The summed E-state index contributed by atoms with van der Waals surface area (Å²) in [5, 5.41) is 3.12. The third-order valence-electron chi connectivity index (χ3n) is 3.02. The summed E-state index contributed by atoms with van der Waals surface area (Å²) in [6, 6.07) is 0.578. The molecule has 0 radical (unpaired) electrons. The van der Waals surface area contributed by atoms with Crippen molar-refractivity contribution < 1.29 is 4.74 Å². The van der Waals surface area contributed by atoms with E-state index in [1.165, 1.54) is 0 Å². The van der Waals surface area contributed by atoms with Crippen molar-refractivity contribution in [1.29, 1.82) is 0 Å². The molecule has 0 spiro atoms. The second-order valence-electron chi connectivity index (χ2n) is 4.30. The van der Waals surface area contributed by atoms with E-state index in [-0.39, 0.29) is 6.04 Å². The van der Waals surface area contributed by atoms with Gasteiger partial charge in [-0.1, -0.05) is 0 Å². The maximum absolute atomic E-state index is 5.81. The molecular formula is C11H19N3OS. The molecule has 1 aromatic rings. The van der Waals surface area contributed by atoms with E-state index in [0.717, 1.165) is 36.9 Å². The molecule has 0 aromatic carbocycles. The first-order chi connectivity index (χ1) is 7.68. The summed E-state index contributed by atoms with van der Waals surface area (Å²) >= 11 is 1.67. The Balaban J connectivity index is 2.04. The Labute approximate surface area is 100 Å². The minimum atomic E-state index is 0.0214. The molecular weight excluding hydrogens is 222 g/mol. The van der Waals surface area contributed by atoms with Gasteiger partial charge in [0.2, 0.25) is 0 Å². The van der Waals surface area contributed by atoms with Gasteiger partial charge < -0.3 is 15.4 Å². The number of hydrogen-bond acceptors (Lipinski definition) is 5. The van der Waals surface area contributed by atoms with Crippen molar-refractivity contribution in [2.75, 3.05) is 25.2 Å². The molecule has 1 fully saturated rings. The highest BCUT2D eigenvalue weighted by molar-refractivity contribution is 7.13. The number of hydrogen-bond donors (Lipinski definition) is 1. The molecule has 2 N–H and O–H groups in total. The van der Waals surface area contributed by atoms with Crippen LogP contribution in [0.3, 0.4) is 0 Å². The monoisotopic (exact) mass is 241 g/mol. The summed E-state index contributed by atoms with van der Waals surface area (Å²) in [6.07, 6.45) is 2.17. The van der Waals surface area contributed by atoms with E-state index in [2.05, 4.69) is 22.3 Å². The topological polar surface area (TPSA) is 51.4 Å². The molecule has 5 heteroatoms. The van der Waals surface area contributed by atoms with Crippen molar-refractivity contribution in [3.8, 4) is 0 Å². The van der Waals surface area contributed by atoms with E-state index < -0.39 is 0 Å². The average molecular weight is 241 g/mol. The molecule has 0 saturated carbocycles. The zero-order chi connectivity index (χ0) is 11.5. The highest BCUT2D eigenvalue weighted by Crippen LogP contribution is 2.26. The van der Waals surface area contributed by atoms with Gasteiger partial charge in [0.25, 0.3) is 0 Å². The maximum Gasteiger partial charge on any atom is 0.185 e. The number of thiazole rings is 1. The number of rotatable bonds is 3. The summed E-state index contributed by atoms with van der Waals surface area (Å²) in [7, 11) is 2.11. The van der Waals surface area contributed by atoms with E-state index in [9.17, 15) is 0 Å². The second kappa shape index (κ2) is 5.12. The van der Waals surface area contributed by atoms with Crippen LogP contribution in [0.5, 0.6) is 0 Å².